The Balaban J connectivity index is 2.89. The maximum absolute atomic E-state index is 12.6. The fourth-order valence-electron chi connectivity index (χ4n) is 2.97. The minimum Gasteiger partial charge on any atom is -0.465 e. The van der Waals surface area contributed by atoms with Gasteiger partial charge in [0.25, 0.3) is 0 Å². The minimum absolute atomic E-state index is 0.155. The van der Waals surface area contributed by atoms with Crippen molar-refractivity contribution in [1.82, 2.24) is 0 Å². The Morgan fingerprint density at radius 1 is 0.957 bits per heavy atom. The fraction of sp³-hybridized carbons (Fsp3) is 0.800. The van der Waals surface area contributed by atoms with E-state index >= 15 is 0 Å². The number of carbonyl (C=O) groups excluding carboxylic acids is 2. The summed E-state index contributed by atoms with van der Waals surface area (Å²) >= 11 is 0. The lowest BCUT2D eigenvalue weighted by molar-refractivity contribution is -0.164. The molecule has 0 saturated heterocycles. The van der Waals surface area contributed by atoms with Gasteiger partial charge in [-0.2, -0.15) is 0 Å². The predicted molar refractivity (Wildman–Crippen MR) is 94.2 cm³/mol. The average Bonchev–Trinajstić information content (AvgIpc) is 2.50. The summed E-state index contributed by atoms with van der Waals surface area (Å²) in [6, 6.07) is 0. The number of esters is 1. The Kier molecular flexibility index (Phi) is 7.50. The van der Waals surface area contributed by atoms with Crippen LogP contribution in [0.3, 0.4) is 0 Å². The van der Waals surface area contributed by atoms with E-state index < -0.39 is 10.8 Å². The van der Waals surface area contributed by atoms with Gasteiger partial charge in [0.1, 0.15) is 5.78 Å². The van der Waals surface area contributed by atoms with E-state index in [1.807, 2.05) is 34.6 Å². The third kappa shape index (κ3) is 5.19. The maximum Gasteiger partial charge on any atom is 0.312 e. The fourth-order valence-corrected chi connectivity index (χ4v) is 2.97. The van der Waals surface area contributed by atoms with E-state index in [2.05, 4.69) is 12.2 Å². The highest BCUT2D eigenvalue weighted by Crippen LogP contribution is 2.46. The molecule has 0 spiro atoms. The zero-order valence-corrected chi connectivity index (χ0v) is 15.6. The van der Waals surface area contributed by atoms with Crippen molar-refractivity contribution in [2.45, 2.75) is 79.6 Å². The smallest absolute Gasteiger partial charge is 0.312 e. The second-order valence-corrected chi connectivity index (χ2v) is 7.88. The van der Waals surface area contributed by atoms with Gasteiger partial charge in [-0.15, -0.1) is 0 Å². The lowest BCUT2D eigenvalue weighted by Gasteiger charge is -2.43. The molecule has 0 amide bonds. The van der Waals surface area contributed by atoms with Crippen LogP contribution in [0, 0.1) is 16.7 Å². The summed E-state index contributed by atoms with van der Waals surface area (Å²) in [7, 11) is 0. The SMILES string of the molecule is CC1C(=O)CCCCCC/C=C\CCOC(=O)C(C)(C)C1(C)C. The van der Waals surface area contributed by atoms with Crippen LogP contribution >= 0.6 is 0 Å². The first kappa shape index (κ1) is 19.9. The summed E-state index contributed by atoms with van der Waals surface area (Å²) in [5.74, 6) is -0.0941. The first-order valence-corrected chi connectivity index (χ1v) is 9.06. The molecule has 0 aromatic rings. The van der Waals surface area contributed by atoms with Crippen molar-refractivity contribution in [2.75, 3.05) is 6.61 Å². The lowest BCUT2D eigenvalue weighted by Crippen LogP contribution is -2.47. The molecule has 1 unspecified atom stereocenters. The third-order valence-electron chi connectivity index (χ3n) is 5.91. The molecule has 0 aromatic heterocycles. The van der Waals surface area contributed by atoms with Crippen molar-refractivity contribution < 1.29 is 14.3 Å². The van der Waals surface area contributed by atoms with Crippen molar-refractivity contribution in [3.63, 3.8) is 0 Å². The van der Waals surface area contributed by atoms with E-state index in [9.17, 15) is 9.59 Å². The normalized spacial score (nSPS) is 28.8. The van der Waals surface area contributed by atoms with Crippen molar-refractivity contribution >= 4 is 11.8 Å². The van der Waals surface area contributed by atoms with Gasteiger partial charge in [0.2, 0.25) is 0 Å². The molecule has 1 aliphatic rings. The number of hydrogen-bond donors (Lipinski definition) is 0. The van der Waals surface area contributed by atoms with E-state index in [1.54, 1.807) is 0 Å². The van der Waals surface area contributed by atoms with Gasteiger partial charge < -0.3 is 4.74 Å². The molecule has 0 saturated carbocycles. The van der Waals surface area contributed by atoms with Crippen LogP contribution in [0.15, 0.2) is 12.2 Å². The molecule has 0 radical (unpaired) electrons. The summed E-state index contributed by atoms with van der Waals surface area (Å²) in [5.41, 5.74) is -1.13. The van der Waals surface area contributed by atoms with Crippen LogP contribution in [0.1, 0.15) is 79.6 Å². The van der Waals surface area contributed by atoms with Crippen LogP contribution in [-0.4, -0.2) is 18.4 Å². The van der Waals surface area contributed by atoms with Crippen molar-refractivity contribution in [1.29, 1.82) is 0 Å². The van der Waals surface area contributed by atoms with Crippen LogP contribution < -0.4 is 0 Å². The molecule has 0 fully saturated rings. The molecule has 0 N–H and O–H groups in total. The molecule has 1 rings (SSSR count). The summed E-state index contributed by atoms with van der Waals surface area (Å²) in [5, 5.41) is 0. The predicted octanol–water partition coefficient (Wildman–Crippen LogP) is 5.09. The zero-order chi connectivity index (χ0) is 17.5. The molecule has 0 aromatic carbocycles. The average molecular weight is 322 g/mol. The quantitative estimate of drug-likeness (QED) is 0.461. The molecule has 132 valence electrons. The Labute approximate surface area is 141 Å². The first-order valence-electron chi connectivity index (χ1n) is 9.06. The minimum atomic E-state index is -0.692. The number of Topliss-reactive ketones (excluding diaryl/α,β-unsaturated/α-hetero) is 1. The van der Waals surface area contributed by atoms with E-state index in [-0.39, 0.29) is 17.7 Å². The standard InChI is InChI=1S/C20H34O3/c1-16-17(21)14-12-10-8-6-7-9-11-13-15-23-18(22)20(4,5)19(16,2)3/h9,11,16H,6-8,10,12-15H2,1-5H3/b11-9-. The highest BCUT2D eigenvalue weighted by Gasteiger charge is 2.49. The van der Waals surface area contributed by atoms with Crippen molar-refractivity contribution in [2.24, 2.45) is 16.7 Å². The molecule has 3 heteroatoms. The van der Waals surface area contributed by atoms with Gasteiger partial charge >= 0.3 is 5.97 Å². The number of allylic oxidation sites excluding steroid dienone is 1. The van der Waals surface area contributed by atoms with Crippen molar-refractivity contribution in [3.8, 4) is 0 Å². The van der Waals surface area contributed by atoms with Crippen LogP contribution in [-0.2, 0) is 14.3 Å². The largest absolute Gasteiger partial charge is 0.465 e. The summed E-state index contributed by atoms with van der Waals surface area (Å²) < 4.78 is 5.48. The van der Waals surface area contributed by atoms with E-state index in [0.717, 1.165) is 25.7 Å². The topological polar surface area (TPSA) is 43.4 Å². The van der Waals surface area contributed by atoms with E-state index in [1.165, 1.54) is 12.8 Å². The number of ether oxygens (including phenoxy) is 1. The lowest BCUT2D eigenvalue weighted by atomic mass is 9.60. The molecule has 23 heavy (non-hydrogen) atoms. The van der Waals surface area contributed by atoms with Gasteiger partial charge in [-0.05, 0) is 44.9 Å². The van der Waals surface area contributed by atoms with Gasteiger partial charge in [0.15, 0.2) is 0 Å². The Bertz CT molecular complexity index is 432. The zero-order valence-electron chi connectivity index (χ0n) is 15.6. The van der Waals surface area contributed by atoms with Crippen LogP contribution in [0.4, 0.5) is 0 Å². The highest BCUT2D eigenvalue weighted by atomic mass is 16.5. The number of hydrogen-bond acceptors (Lipinski definition) is 3. The maximum atomic E-state index is 12.6. The van der Waals surface area contributed by atoms with Gasteiger partial charge in [0.05, 0.1) is 12.0 Å². The van der Waals surface area contributed by atoms with E-state index in [4.69, 9.17) is 4.74 Å². The Morgan fingerprint density at radius 2 is 1.57 bits per heavy atom. The Hall–Kier alpha value is -1.12. The second-order valence-electron chi connectivity index (χ2n) is 7.88. The molecular weight excluding hydrogens is 288 g/mol. The first-order chi connectivity index (χ1) is 10.7. The van der Waals surface area contributed by atoms with Gasteiger partial charge in [0, 0.05) is 12.3 Å². The second kappa shape index (κ2) is 8.65. The molecule has 1 aliphatic heterocycles. The van der Waals surface area contributed by atoms with Crippen molar-refractivity contribution in [3.05, 3.63) is 12.2 Å². The molecular formula is C20H34O3. The van der Waals surface area contributed by atoms with E-state index in [0.29, 0.717) is 13.0 Å². The summed E-state index contributed by atoms with van der Waals surface area (Å²) in [4.78, 5) is 25.1. The van der Waals surface area contributed by atoms with Gasteiger partial charge in [-0.25, -0.2) is 0 Å². The molecule has 0 bridgehead atoms. The molecule has 1 atom stereocenters. The van der Waals surface area contributed by atoms with Crippen LogP contribution in [0.5, 0.6) is 0 Å². The Morgan fingerprint density at radius 3 is 2.26 bits per heavy atom. The molecule has 1 heterocycles. The number of ketones is 1. The van der Waals surface area contributed by atoms with Gasteiger partial charge in [-0.3, -0.25) is 9.59 Å². The summed E-state index contributed by atoms with van der Waals surface area (Å²) in [6.07, 6.45) is 11.1. The number of rotatable bonds is 0. The molecule has 0 aliphatic carbocycles. The number of carbonyl (C=O) groups is 2. The monoisotopic (exact) mass is 322 g/mol. The van der Waals surface area contributed by atoms with Crippen LogP contribution in [0.2, 0.25) is 0 Å². The highest BCUT2D eigenvalue weighted by molar-refractivity contribution is 5.84. The number of cyclic esters (lactones) is 1. The third-order valence-corrected chi connectivity index (χ3v) is 5.91. The van der Waals surface area contributed by atoms with Gasteiger partial charge in [-0.1, -0.05) is 45.8 Å². The van der Waals surface area contributed by atoms with Crippen LogP contribution in [0.25, 0.3) is 0 Å². The summed E-state index contributed by atoms with van der Waals surface area (Å²) in [6.45, 7) is 10.2. The molecule has 3 nitrogen and oxygen atoms in total.